The Hall–Kier alpha value is -3.42. The van der Waals surface area contributed by atoms with Crippen molar-refractivity contribution < 1.29 is 19.4 Å². The van der Waals surface area contributed by atoms with Gasteiger partial charge in [-0.2, -0.15) is 0 Å². The van der Waals surface area contributed by atoms with E-state index in [2.05, 4.69) is 15.6 Å². The predicted molar refractivity (Wildman–Crippen MR) is 110 cm³/mol. The summed E-state index contributed by atoms with van der Waals surface area (Å²) in [6.07, 6.45) is 0. The lowest BCUT2D eigenvalue weighted by Crippen LogP contribution is -2.39. The number of aliphatic imine (C=N–C) groups is 1. The van der Waals surface area contributed by atoms with Gasteiger partial charge in [-0.3, -0.25) is 9.79 Å². The highest BCUT2D eigenvalue weighted by atomic mass is 16.7. The van der Waals surface area contributed by atoms with Crippen molar-refractivity contribution in [3.63, 3.8) is 0 Å². The van der Waals surface area contributed by atoms with E-state index in [4.69, 9.17) is 9.47 Å². The van der Waals surface area contributed by atoms with Gasteiger partial charge in [-0.25, -0.2) is 0 Å². The molecule has 154 valence electrons. The average molecular weight is 398 g/mol. The lowest BCUT2D eigenvalue weighted by atomic mass is 10.2. The van der Waals surface area contributed by atoms with Gasteiger partial charge >= 0.3 is 0 Å². The lowest BCUT2D eigenvalue weighted by Gasteiger charge is -2.22. The van der Waals surface area contributed by atoms with Gasteiger partial charge in [0, 0.05) is 32.2 Å². The van der Waals surface area contributed by atoms with Crippen molar-refractivity contribution >= 4 is 11.9 Å². The third kappa shape index (κ3) is 5.54. The van der Waals surface area contributed by atoms with Crippen LogP contribution in [0.4, 0.5) is 0 Å². The van der Waals surface area contributed by atoms with Crippen molar-refractivity contribution in [2.75, 3.05) is 33.5 Å². The number of guanidine groups is 1. The minimum atomic E-state index is -0.195. The molecule has 1 amide bonds. The molecule has 8 nitrogen and oxygen atoms in total. The molecule has 0 unspecified atom stereocenters. The Bertz CT molecular complexity index is 867. The van der Waals surface area contributed by atoms with Crippen molar-refractivity contribution in [3.8, 4) is 17.2 Å². The van der Waals surface area contributed by atoms with Crippen molar-refractivity contribution in [2.45, 2.75) is 13.5 Å². The van der Waals surface area contributed by atoms with Crippen LogP contribution in [0.25, 0.3) is 0 Å². The summed E-state index contributed by atoms with van der Waals surface area (Å²) in [5, 5.41) is 15.4. The summed E-state index contributed by atoms with van der Waals surface area (Å²) in [5.74, 6) is 2.21. The van der Waals surface area contributed by atoms with Crippen molar-refractivity contribution in [1.29, 1.82) is 0 Å². The summed E-state index contributed by atoms with van der Waals surface area (Å²) in [4.78, 5) is 18.7. The second kappa shape index (κ2) is 9.68. The van der Waals surface area contributed by atoms with Crippen LogP contribution in [0.3, 0.4) is 0 Å². The molecule has 2 aromatic carbocycles. The molecule has 0 aliphatic carbocycles. The van der Waals surface area contributed by atoms with E-state index in [1.54, 1.807) is 12.1 Å². The third-order valence-electron chi connectivity index (χ3n) is 4.34. The molecular formula is C21H26N4O4. The Morgan fingerprint density at radius 1 is 1.14 bits per heavy atom. The van der Waals surface area contributed by atoms with Crippen molar-refractivity contribution in [2.24, 2.45) is 4.99 Å². The van der Waals surface area contributed by atoms with Gasteiger partial charge in [-0.05, 0) is 48.9 Å². The molecule has 2 aromatic rings. The number of carbonyl (C=O) groups is 1. The van der Waals surface area contributed by atoms with Gasteiger partial charge in [0.25, 0.3) is 5.91 Å². The Labute approximate surface area is 170 Å². The molecule has 0 saturated carbocycles. The molecule has 8 heteroatoms. The fraction of sp³-hybridized carbons (Fsp3) is 0.333. The summed E-state index contributed by atoms with van der Waals surface area (Å²) in [6.45, 7) is 4.52. The molecule has 0 radical (unpaired) electrons. The minimum absolute atomic E-state index is 0.131. The topological polar surface area (TPSA) is 95.4 Å². The fourth-order valence-corrected chi connectivity index (χ4v) is 2.90. The zero-order valence-corrected chi connectivity index (χ0v) is 16.6. The van der Waals surface area contributed by atoms with Crippen LogP contribution in [0.15, 0.2) is 47.5 Å². The SMILES string of the molecule is CCNC(=NCCNC(=O)c1ccc(O)cc1)N(C)Cc1ccc2c(c1)OCO2. The van der Waals surface area contributed by atoms with Crippen LogP contribution >= 0.6 is 0 Å². The van der Waals surface area contributed by atoms with Crippen LogP contribution in [0.5, 0.6) is 17.2 Å². The Kier molecular flexibility index (Phi) is 6.78. The maximum absolute atomic E-state index is 12.1. The molecule has 0 spiro atoms. The van der Waals surface area contributed by atoms with Gasteiger partial charge in [0.15, 0.2) is 17.5 Å². The van der Waals surface area contributed by atoms with E-state index in [1.165, 1.54) is 12.1 Å². The number of carbonyl (C=O) groups excluding carboxylic acids is 1. The number of amides is 1. The number of phenolic OH excluding ortho intramolecular Hbond substituents is 1. The van der Waals surface area contributed by atoms with Crippen LogP contribution in [-0.4, -0.2) is 55.3 Å². The number of benzene rings is 2. The zero-order valence-electron chi connectivity index (χ0n) is 16.6. The van der Waals surface area contributed by atoms with Crippen molar-refractivity contribution in [1.82, 2.24) is 15.5 Å². The zero-order chi connectivity index (χ0) is 20.6. The van der Waals surface area contributed by atoms with E-state index >= 15 is 0 Å². The number of hydrogen-bond acceptors (Lipinski definition) is 5. The number of fused-ring (bicyclic) bond motifs is 1. The molecule has 0 fully saturated rings. The molecule has 3 N–H and O–H groups in total. The Morgan fingerprint density at radius 2 is 1.90 bits per heavy atom. The maximum Gasteiger partial charge on any atom is 0.251 e. The normalized spacial score (nSPS) is 12.6. The van der Waals surface area contributed by atoms with Gasteiger partial charge in [0.05, 0.1) is 6.54 Å². The second-order valence-corrected chi connectivity index (χ2v) is 6.58. The first kappa shape index (κ1) is 20.3. The minimum Gasteiger partial charge on any atom is -0.508 e. The maximum atomic E-state index is 12.1. The molecule has 1 aliphatic heterocycles. The predicted octanol–water partition coefficient (Wildman–Crippen LogP) is 1.95. The lowest BCUT2D eigenvalue weighted by molar-refractivity contribution is 0.0954. The van der Waals surface area contributed by atoms with Crippen LogP contribution in [0.2, 0.25) is 0 Å². The molecule has 1 heterocycles. The molecule has 0 saturated heterocycles. The second-order valence-electron chi connectivity index (χ2n) is 6.58. The van der Waals surface area contributed by atoms with Gasteiger partial charge in [-0.1, -0.05) is 6.07 Å². The average Bonchev–Trinajstić information content (AvgIpc) is 3.18. The van der Waals surface area contributed by atoms with E-state index < -0.39 is 0 Å². The molecule has 0 aromatic heterocycles. The molecule has 29 heavy (non-hydrogen) atoms. The van der Waals surface area contributed by atoms with Crippen LogP contribution < -0.4 is 20.1 Å². The fourth-order valence-electron chi connectivity index (χ4n) is 2.90. The summed E-state index contributed by atoms with van der Waals surface area (Å²) < 4.78 is 10.8. The molecule has 1 aliphatic rings. The summed E-state index contributed by atoms with van der Waals surface area (Å²) >= 11 is 0. The number of aromatic hydroxyl groups is 1. The summed E-state index contributed by atoms with van der Waals surface area (Å²) in [7, 11) is 1.96. The first-order valence-electron chi connectivity index (χ1n) is 9.52. The van der Waals surface area contributed by atoms with Gasteiger partial charge in [0.1, 0.15) is 5.75 Å². The summed E-state index contributed by atoms with van der Waals surface area (Å²) in [6, 6.07) is 12.0. The number of rotatable bonds is 7. The highest BCUT2D eigenvalue weighted by molar-refractivity contribution is 5.94. The van der Waals surface area contributed by atoms with Crippen molar-refractivity contribution in [3.05, 3.63) is 53.6 Å². The first-order chi connectivity index (χ1) is 14.1. The quantitative estimate of drug-likeness (QED) is 0.375. The number of nitrogens with zero attached hydrogens (tertiary/aromatic N) is 2. The monoisotopic (exact) mass is 398 g/mol. The van der Waals surface area contributed by atoms with E-state index in [-0.39, 0.29) is 18.4 Å². The Balaban J connectivity index is 1.53. The molecule has 3 rings (SSSR count). The van der Waals surface area contributed by atoms with Crippen LogP contribution in [-0.2, 0) is 6.54 Å². The standard InChI is InChI=1S/C21H26N4O4/c1-3-22-21(24-11-10-23-20(27)16-5-7-17(26)8-6-16)25(2)13-15-4-9-18-19(12-15)29-14-28-18/h4-9,12,26H,3,10-11,13-14H2,1-2H3,(H,22,24)(H,23,27). The highest BCUT2D eigenvalue weighted by Gasteiger charge is 2.14. The van der Waals surface area contributed by atoms with E-state index in [9.17, 15) is 9.90 Å². The van der Waals surface area contributed by atoms with E-state index in [0.29, 0.717) is 25.2 Å². The van der Waals surface area contributed by atoms with E-state index in [1.807, 2.05) is 37.1 Å². The van der Waals surface area contributed by atoms with Gasteiger partial charge in [-0.15, -0.1) is 0 Å². The van der Waals surface area contributed by atoms with Gasteiger partial charge < -0.3 is 30.1 Å². The smallest absolute Gasteiger partial charge is 0.251 e. The molecule has 0 atom stereocenters. The van der Waals surface area contributed by atoms with E-state index in [0.717, 1.165) is 29.6 Å². The third-order valence-corrected chi connectivity index (χ3v) is 4.34. The number of hydrogen-bond donors (Lipinski definition) is 3. The highest BCUT2D eigenvalue weighted by Crippen LogP contribution is 2.32. The largest absolute Gasteiger partial charge is 0.508 e. The molecular weight excluding hydrogens is 372 g/mol. The number of nitrogens with one attached hydrogen (secondary N) is 2. The van der Waals surface area contributed by atoms with Crippen LogP contribution in [0.1, 0.15) is 22.8 Å². The summed E-state index contributed by atoms with van der Waals surface area (Å²) in [5.41, 5.74) is 1.58. The number of phenols is 1. The Morgan fingerprint density at radius 3 is 2.66 bits per heavy atom. The number of ether oxygens (including phenoxy) is 2. The van der Waals surface area contributed by atoms with Crippen LogP contribution in [0, 0.1) is 0 Å². The first-order valence-corrected chi connectivity index (χ1v) is 9.52. The van der Waals surface area contributed by atoms with Gasteiger partial charge in [0.2, 0.25) is 6.79 Å². The molecule has 0 bridgehead atoms.